The first-order valence-corrected chi connectivity index (χ1v) is 8.95. The van der Waals surface area contributed by atoms with Crippen molar-refractivity contribution in [1.29, 1.82) is 0 Å². The molecule has 0 N–H and O–H groups in total. The summed E-state index contributed by atoms with van der Waals surface area (Å²) >= 11 is 1.27. The maximum atomic E-state index is 13.5. The van der Waals surface area contributed by atoms with Crippen LogP contribution in [-0.2, 0) is 6.18 Å². The molecule has 8 heteroatoms. The van der Waals surface area contributed by atoms with E-state index in [0.717, 1.165) is 14.9 Å². The van der Waals surface area contributed by atoms with Gasteiger partial charge in [-0.2, -0.15) is 13.2 Å². The molecule has 27 heavy (non-hydrogen) atoms. The number of aromatic nitrogens is 4. The van der Waals surface area contributed by atoms with Crippen molar-refractivity contribution in [2.75, 3.05) is 0 Å². The molecule has 1 aliphatic rings. The van der Waals surface area contributed by atoms with Crippen molar-refractivity contribution in [1.82, 2.24) is 19.6 Å². The third-order valence-electron chi connectivity index (χ3n) is 4.16. The first kappa shape index (κ1) is 17.6. The Morgan fingerprint density at radius 2 is 2.04 bits per heavy atom. The molecule has 0 fully saturated rings. The lowest BCUT2D eigenvalue weighted by Crippen LogP contribution is -2.12. The smallest absolute Gasteiger partial charge is 0.267 e. The zero-order valence-electron chi connectivity index (χ0n) is 14.4. The number of aryl methyl sites for hydroxylation is 1. The van der Waals surface area contributed by atoms with Gasteiger partial charge in [-0.25, -0.2) is 4.98 Å². The number of hydrogen-bond donors (Lipinski definition) is 0. The van der Waals surface area contributed by atoms with E-state index in [0.29, 0.717) is 16.1 Å². The number of rotatable bonds is 2. The Bertz CT molecular complexity index is 1180. The number of fused-ring (bicyclic) bond motifs is 3. The topological polar surface area (TPSA) is 43.1 Å². The van der Waals surface area contributed by atoms with E-state index in [2.05, 4.69) is 27.0 Å². The maximum absolute atomic E-state index is 13.5. The van der Waals surface area contributed by atoms with Crippen LogP contribution in [0.15, 0.2) is 46.4 Å². The minimum Gasteiger partial charge on any atom is -0.267 e. The highest BCUT2D eigenvalue weighted by Crippen LogP contribution is 2.37. The maximum Gasteiger partial charge on any atom is 0.452 e. The lowest BCUT2D eigenvalue weighted by molar-refractivity contribution is -0.145. The molecule has 0 radical (unpaired) electrons. The predicted molar refractivity (Wildman–Crippen MR) is 98.0 cm³/mol. The Hall–Kier alpha value is -2.79. The van der Waals surface area contributed by atoms with Crippen LogP contribution in [-0.4, -0.2) is 19.6 Å². The van der Waals surface area contributed by atoms with Gasteiger partial charge in [-0.15, -0.1) is 10.2 Å². The van der Waals surface area contributed by atoms with Crippen LogP contribution in [0, 0.1) is 24.7 Å². The van der Waals surface area contributed by atoms with Gasteiger partial charge in [0.25, 0.3) is 0 Å². The Kier molecular flexibility index (Phi) is 4.19. The molecule has 1 unspecified atom stereocenters. The summed E-state index contributed by atoms with van der Waals surface area (Å²) in [6, 6.07) is 5.11. The Labute approximate surface area is 157 Å². The highest BCUT2D eigenvalue weighted by atomic mass is 32.2. The number of hydrogen-bond acceptors (Lipinski definition) is 4. The first-order chi connectivity index (χ1) is 12.9. The van der Waals surface area contributed by atoms with E-state index in [1.54, 1.807) is 18.2 Å². The van der Waals surface area contributed by atoms with Crippen LogP contribution in [0.3, 0.4) is 0 Å². The van der Waals surface area contributed by atoms with E-state index in [9.17, 15) is 13.2 Å². The van der Waals surface area contributed by atoms with Crippen LogP contribution in [0.25, 0.3) is 16.7 Å². The Balaban J connectivity index is 1.99. The lowest BCUT2D eigenvalue weighted by atomic mass is 10.2. The number of allylic oxidation sites excluding steroid dienone is 4. The molecule has 1 aromatic carbocycles. The fourth-order valence-corrected chi connectivity index (χ4v) is 3.80. The van der Waals surface area contributed by atoms with Gasteiger partial charge in [-0.3, -0.25) is 4.40 Å². The standard InChI is InChI=1S/C19H13F3N4S/c1-11-7-4-3-5-10-14(11)27-17-16-24-25-18(19(20,21)22)26(16)13-9-6-8-12(2)15(13)23-17/h3,5-6,8-11H,1-2H3. The van der Waals surface area contributed by atoms with Crippen LogP contribution in [0.4, 0.5) is 13.2 Å². The van der Waals surface area contributed by atoms with E-state index < -0.39 is 12.0 Å². The molecule has 2 aromatic heterocycles. The number of thioether (sulfide) groups is 1. The molecular formula is C19H13F3N4S. The molecule has 0 aliphatic heterocycles. The van der Waals surface area contributed by atoms with Gasteiger partial charge >= 0.3 is 6.18 Å². The number of alkyl halides is 3. The van der Waals surface area contributed by atoms with Crippen LogP contribution in [0.2, 0.25) is 0 Å². The largest absolute Gasteiger partial charge is 0.452 e. The van der Waals surface area contributed by atoms with Crippen molar-refractivity contribution in [2.45, 2.75) is 25.0 Å². The third-order valence-corrected chi connectivity index (χ3v) is 5.35. The molecule has 4 rings (SSSR count). The van der Waals surface area contributed by atoms with Crippen molar-refractivity contribution < 1.29 is 13.2 Å². The highest BCUT2D eigenvalue weighted by molar-refractivity contribution is 8.03. The fraction of sp³-hybridized carbons (Fsp3) is 0.211. The Morgan fingerprint density at radius 3 is 2.81 bits per heavy atom. The monoisotopic (exact) mass is 386 g/mol. The van der Waals surface area contributed by atoms with E-state index in [-0.39, 0.29) is 11.6 Å². The van der Waals surface area contributed by atoms with Gasteiger partial charge in [0.15, 0.2) is 5.65 Å². The molecule has 1 atom stereocenters. The molecule has 0 saturated heterocycles. The van der Waals surface area contributed by atoms with E-state index in [4.69, 9.17) is 0 Å². The average molecular weight is 386 g/mol. The summed E-state index contributed by atoms with van der Waals surface area (Å²) in [5.74, 6) is 4.86. The zero-order chi connectivity index (χ0) is 19.2. The molecule has 136 valence electrons. The lowest BCUT2D eigenvalue weighted by Gasteiger charge is -2.13. The van der Waals surface area contributed by atoms with E-state index in [1.165, 1.54) is 11.8 Å². The average Bonchev–Trinajstić information content (AvgIpc) is 2.98. The van der Waals surface area contributed by atoms with Crippen LogP contribution in [0.5, 0.6) is 0 Å². The number of halogens is 3. The summed E-state index contributed by atoms with van der Waals surface area (Å²) in [7, 11) is 0. The van der Waals surface area contributed by atoms with Crippen molar-refractivity contribution in [3.05, 3.63) is 52.7 Å². The second kappa shape index (κ2) is 6.43. The summed E-state index contributed by atoms with van der Waals surface area (Å²) in [4.78, 5) is 5.50. The minimum atomic E-state index is -4.62. The molecule has 0 saturated carbocycles. The van der Waals surface area contributed by atoms with Crippen LogP contribution >= 0.6 is 11.8 Å². The predicted octanol–water partition coefficient (Wildman–Crippen LogP) is 4.79. The van der Waals surface area contributed by atoms with E-state index in [1.807, 2.05) is 32.1 Å². The molecule has 0 spiro atoms. The van der Waals surface area contributed by atoms with Gasteiger partial charge in [-0.1, -0.05) is 47.9 Å². The second-order valence-corrected chi connectivity index (χ2v) is 7.14. The fourth-order valence-electron chi connectivity index (χ4n) is 2.84. The summed E-state index contributed by atoms with van der Waals surface area (Å²) in [5, 5.41) is 7.59. The summed E-state index contributed by atoms with van der Waals surface area (Å²) in [6.45, 7) is 3.75. The van der Waals surface area contributed by atoms with Crippen LogP contribution < -0.4 is 0 Å². The number of benzene rings is 1. The van der Waals surface area contributed by atoms with Gasteiger partial charge in [0, 0.05) is 10.8 Å². The SMILES string of the molecule is Cc1cccc2c1nc(SC1=CC=CC#CC1C)c1nnc(C(F)(F)F)n12. The summed E-state index contributed by atoms with van der Waals surface area (Å²) < 4.78 is 41.5. The molecule has 4 nitrogen and oxygen atoms in total. The van der Waals surface area contributed by atoms with Gasteiger partial charge in [0.1, 0.15) is 5.03 Å². The highest BCUT2D eigenvalue weighted by Gasteiger charge is 2.38. The van der Waals surface area contributed by atoms with Gasteiger partial charge in [-0.05, 0) is 31.6 Å². The Morgan fingerprint density at radius 1 is 1.22 bits per heavy atom. The van der Waals surface area contributed by atoms with Gasteiger partial charge in [0.05, 0.1) is 11.0 Å². The van der Waals surface area contributed by atoms with Crippen molar-refractivity contribution in [3.63, 3.8) is 0 Å². The zero-order valence-corrected chi connectivity index (χ0v) is 15.2. The molecular weight excluding hydrogens is 373 g/mol. The molecule has 2 heterocycles. The number of para-hydroxylation sites is 1. The minimum absolute atomic E-state index is 0.0653. The van der Waals surface area contributed by atoms with Crippen molar-refractivity contribution in [3.8, 4) is 11.8 Å². The van der Waals surface area contributed by atoms with Crippen LogP contribution in [0.1, 0.15) is 18.3 Å². The molecule has 3 aromatic rings. The van der Waals surface area contributed by atoms with E-state index >= 15 is 0 Å². The van der Waals surface area contributed by atoms with Gasteiger partial charge in [0.2, 0.25) is 5.82 Å². The summed E-state index contributed by atoms with van der Waals surface area (Å²) in [6.07, 6.45) is 0.801. The van der Waals surface area contributed by atoms with Crippen molar-refractivity contribution in [2.24, 2.45) is 5.92 Å². The molecule has 0 amide bonds. The third kappa shape index (κ3) is 3.08. The molecule has 0 bridgehead atoms. The van der Waals surface area contributed by atoms with Gasteiger partial charge < -0.3 is 0 Å². The molecule has 1 aliphatic carbocycles. The first-order valence-electron chi connectivity index (χ1n) is 8.13. The quantitative estimate of drug-likeness (QED) is 0.594. The number of nitrogens with zero attached hydrogens (tertiary/aromatic N) is 4. The van der Waals surface area contributed by atoms with Crippen molar-refractivity contribution >= 4 is 28.4 Å². The normalized spacial score (nSPS) is 16.9. The summed E-state index contributed by atoms with van der Waals surface area (Å²) in [5.41, 5.74) is 1.68. The second-order valence-electron chi connectivity index (χ2n) is 6.08.